The molecule has 4 heteroatoms. The Morgan fingerprint density at radius 1 is 0.905 bits per heavy atom. The van der Waals surface area contributed by atoms with Crippen LogP contribution in [0.2, 0.25) is 0 Å². The molecule has 0 radical (unpaired) electrons. The van der Waals surface area contributed by atoms with Crippen LogP contribution >= 0.6 is 0 Å². The Morgan fingerprint density at radius 2 is 1.48 bits per heavy atom. The molecule has 0 N–H and O–H groups in total. The number of benzene rings is 2. The van der Waals surface area contributed by atoms with Crippen molar-refractivity contribution in [3.05, 3.63) is 65.7 Å². The molecule has 0 heterocycles. The number of methoxy groups -OCH3 is 1. The van der Waals surface area contributed by atoms with E-state index in [4.69, 9.17) is 9.47 Å². The van der Waals surface area contributed by atoms with E-state index in [1.54, 1.807) is 37.5 Å². The summed E-state index contributed by atoms with van der Waals surface area (Å²) in [7, 11) is 1.60. The Morgan fingerprint density at radius 3 is 2.05 bits per heavy atom. The largest absolute Gasteiger partial charge is 0.497 e. The summed E-state index contributed by atoms with van der Waals surface area (Å²) in [5.41, 5.74) is 1.40. The number of ether oxygens (including phenoxy) is 2. The Kier molecular flexibility index (Phi) is 4.88. The maximum absolute atomic E-state index is 11.7. The maximum Gasteiger partial charge on any atom is 0.336 e. The third-order valence-electron chi connectivity index (χ3n) is 2.76. The number of rotatable bonds is 5. The Labute approximate surface area is 122 Å². The van der Waals surface area contributed by atoms with E-state index in [0.717, 1.165) is 17.6 Å². The van der Waals surface area contributed by atoms with Crippen LogP contribution in [-0.2, 0) is 4.79 Å². The number of carbonyl (C=O) groups excluding carboxylic acids is 2. The van der Waals surface area contributed by atoms with Gasteiger partial charge >= 0.3 is 5.97 Å². The van der Waals surface area contributed by atoms with E-state index in [-0.39, 0.29) is 0 Å². The average molecular weight is 282 g/mol. The van der Waals surface area contributed by atoms with Crippen LogP contribution in [0.1, 0.15) is 15.9 Å². The van der Waals surface area contributed by atoms with E-state index in [2.05, 4.69) is 0 Å². The number of hydrogen-bond acceptors (Lipinski definition) is 4. The first-order chi connectivity index (χ1) is 10.2. The molecule has 21 heavy (non-hydrogen) atoms. The van der Waals surface area contributed by atoms with Crippen molar-refractivity contribution in [2.24, 2.45) is 0 Å². The van der Waals surface area contributed by atoms with Gasteiger partial charge < -0.3 is 9.47 Å². The van der Waals surface area contributed by atoms with Crippen LogP contribution in [0.5, 0.6) is 11.5 Å². The lowest BCUT2D eigenvalue weighted by atomic mass is 10.2. The fourth-order valence-corrected chi connectivity index (χ4v) is 1.64. The predicted octanol–water partition coefficient (Wildman–Crippen LogP) is 3.13. The van der Waals surface area contributed by atoms with Crippen LogP contribution in [0.4, 0.5) is 0 Å². The molecule has 0 unspecified atom stereocenters. The molecule has 0 amide bonds. The van der Waals surface area contributed by atoms with Crippen LogP contribution in [0.15, 0.2) is 54.6 Å². The fourth-order valence-electron chi connectivity index (χ4n) is 1.64. The Hall–Kier alpha value is -2.88. The van der Waals surface area contributed by atoms with E-state index in [9.17, 15) is 9.59 Å². The molecule has 2 aromatic carbocycles. The van der Waals surface area contributed by atoms with Crippen molar-refractivity contribution < 1.29 is 19.1 Å². The van der Waals surface area contributed by atoms with Crippen molar-refractivity contribution in [1.82, 2.24) is 0 Å². The quantitative estimate of drug-likeness (QED) is 0.366. The minimum absolute atomic E-state index is 0.394. The molecule has 0 bridgehead atoms. The number of carbonyl (C=O) groups is 2. The first kappa shape index (κ1) is 14.5. The first-order valence-electron chi connectivity index (χ1n) is 6.30. The van der Waals surface area contributed by atoms with Crippen molar-refractivity contribution in [1.29, 1.82) is 0 Å². The van der Waals surface area contributed by atoms with Gasteiger partial charge in [-0.15, -0.1) is 0 Å². The number of esters is 1. The number of aldehydes is 1. The molecule has 0 aromatic heterocycles. The van der Waals surface area contributed by atoms with Crippen LogP contribution in [0.25, 0.3) is 6.08 Å². The van der Waals surface area contributed by atoms with Crippen LogP contribution in [0.3, 0.4) is 0 Å². The van der Waals surface area contributed by atoms with Crippen LogP contribution in [0, 0.1) is 0 Å². The minimum atomic E-state index is -0.482. The molecule has 0 aliphatic heterocycles. The van der Waals surface area contributed by atoms with Gasteiger partial charge in [0.05, 0.1) is 7.11 Å². The zero-order chi connectivity index (χ0) is 15.1. The summed E-state index contributed by atoms with van der Waals surface area (Å²) < 4.78 is 10.2. The summed E-state index contributed by atoms with van der Waals surface area (Å²) in [6, 6.07) is 13.6. The van der Waals surface area contributed by atoms with Gasteiger partial charge in [-0.25, -0.2) is 4.79 Å². The highest BCUT2D eigenvalue weighted by molar-refractivity contribution is 5.88. The second-order valence-corrected chi connectivity index (χ2v) is 4.21. The molecule has 4 nitrogen and oxygen atoms in total. The first-order valence-corrected chi connectivity index (χ1v) is 6.30. The molecule has 106 valence electrons. The summed E-state index contributed by atoms with van der Waals surface area (Å²) in [6.45, 7) is 0. The maximum atomic E-state index is 11.7. The SMILES string of the molecule is COc1ccc(/C=C/C(=O)Oc2ccc(C=O)cc2)cc1. The normalized spacial score (nSPS) is 10.3. The van der Waals surface area contributed by atoms with Gasteiger partial charge in [-0.3, -0.25) is 4.79 Å². The second-order valence-electron chi connectivity index (χ2n) is 4.21. The highest BCUT2D eigenvalue weighted by Crippen LogP contribution is 2.14. The van der Waals surface area contributed by atoms with Crippen molar-refractivity contribution in [2.45, 2.75) is 0 Å². The molecule has 0 fully saturated rings. The second kappa shape index (κ2) is 7.05. The summed E-state index contributed by atoms with van der Waals surface area (Å²) in [5.74, 6) is 0.666. The van der Waals surface area contributed by atoms with Gasteiger partial charge in [0, 0.05) is 11.6 Å². The standard InChI is InChI=1S/C17H14O4/c1-20-15-7-2-13(3-8-15)6-11-17(19)21-16-9-4-14(12-18)5-10-16/h2-12H,1H3/b11-6+. The Balaban J connectivity index is 1.96. The van der Waals surface area contributed by atoms with Gasteiger partial charge in [-0.1, -0.05) is 12.1 Å². The summed E-state index contributed by atoms with van der Waals surface area (Å²) in [6.07, 6.45) is 3.73. The van der Waals surface area contributed by atoms with Gasteiger partial charge in [-0.05, 0) is 48.0 Å². The molecule has 0 aliphatic rings. The van der Waals surface area contributed by atoms with Crippen molar-refractivity contribution >= 4 is 18.3 Å². The zero-order valence-corrected chi connectivity index (χ0v) is 11.5. The smallest absolute Gasteiger partial charge is 0.336 e. The molecule has 0 spiro atoms. The summed E-state index contributed by atoms with van der Waals surface area (Å²) in [4.78, 5) is 22.2. The van der Waals surface area contributed by atoms with E-state index in [0.29, 0.717) is 11.3 Å². The molecule has 0 aliphatic carbocycles. The highest BCUT2D eigenvalue weighted by Gasteiger charge is 2.00. The van der Waals surface area contributed by atoms with E-state index < -0.39 is 5.97 Å². The van der Waals surface area contributed by atoms with Crippen molar-refractivity contribution in [3.63, 3.8) is 0 Å². The minimum Gasteiger partial charge on any atom is -0.497 e. The average Bonchev–Trinajstić information content (AvgIpc) is 2.54. The highest BCUT2D eigenvalue weighted by atomic mass is 16.5. The van der Waals surface area contributed by atoms with Crippen LogP contribution < -0.4 is 9.47 Å². The molecule has 2 rings (SSSR count). The topological polar surface area (TPSA) is 52.6 Å². The van der Waals surface area contributed by atoms with Gasteiger partial charge in [0.1, 0.15) is 17.8 Å². The molecule has 0 saturated heterocycles. The lowest BCUT2D eigenvalue weighted by Crippen LogP contribution is -2.03. The predicted molar refractivity (Wildman–Crippen MR) is 79.5 cm³/mol. The molecular weight excluding hydrogens is 268 g/mol. The fraction of sp³-hybridized carbons (Fsp3) is 0.0588. The lowest BCUT2D eigenvalue weighted by Gasteiger charge is -2.01. The third kappa shape index (κ3) is 4.31. The third-order valence-corrected chi connectivity index (χ3v) is 2.76. The van der Waals surface area contributed by atoms with Gasteiger partial charge in [0.15, 0.2) is 0 Å². The lowest BCUT2D eigenvalue weighted by molar-refractivity contribution is -0.128. The molecule has 0 saturated carbocycles. The van der Waals surface area contributed by atoms with Crippen molar-refractivity contribution in [3.8, 4) is 11.5 Å². The van der Waals surface area contributed by atoms with E-state index >= 15 is 0 Å². The van der Waals surface area contributed by atoms with Crippen LogP contribution in [-0.4, -0.2) is 19.4 Å². The van der Waals surface area contributed by atoms with E-state index in [1.165, 1.54) is 6.08 Å². The van der Waals surface area contributed by atoms with Gasteiger partial charge in [0.25, 0.3) is 0 Å². The molecule has 0 atom stereocenters. The zero-order valence-electron chi connectivity index (χ0n) is 11.5. The summed E-state index contributed by atoms with van der Waals surface area (Å²) in [5, 5.41) is 0. The van der Waals surface area contributed by atoms with E-state index in [1.807, 2.05) is 24.3 Å². The molecule has 2 aromatic rings. The summed E-state index contributed by atoms with van der Waals surface area (Å²) >= 11 is 0. The Bertz CT molecular complexity index is 639. The van der Waals surface area contributed by atoms with Gasteiger partial charge in [0.2, 0.25) is 0 Å². The number of hydrogen-bond donors (Lipinski definition) is 0. The van der Waals surface area contributed by atoms with Crippen molar-refractivity contribution in [2.75, 3.05) is 7.11 Å². The van der Waals surface area contributed by atoms with Gasteiger partial charge in [-0.2, -0.15) is 0 Å². The molecular formula is C17H14O4. The monoisotopic (exact) mass is 282 g/mol.